The van der Waals surface area contributed by atoms with E-state index in [0.717, 1.165) is 38.3 Å². The Balaban J connectivity index is 1.27. The fourth-order valence-corrected chi connectivity index (χ4v) is 5.65. The van der Waals surface area contributed by atoms with Crippen molar-refractivity contribution in [1.29, 1.82) is 0 Å². The Labute approximate surface area is 239 Å². The average Bonchev–Trinajstić information content (AvgIpc) is 3.42. The van der Waals surface area contributed by atoms with Gasteiger partial charge in [0.05, 0.1) is 16.6 Å². The van der Waals surface area contributed by atoms with Crippen LogP contribution in [0, 0.1) is 0 Å². The summed E-state index contributed by atoms with van der Waals surface area (Å²) >= 11 is 0. The van der Waals surface area contributed by atoms with E-state index < -0.39 is 28.2 Å². The highest BCUT2D eigenvalue weighted by atomic mass is 32.2. The third-order valence-electron chi connectivity index (χ3n) is 6.55. The number of nitrogens with zero attached hydrogens (tertiary/aromatic N) is 2. The molecule has 0 bridgehead atoms. The second kappa shape index (κ2) is 12.4. The van der Waals surface area contributed by atoms with Crippen molar-refractivity contribution in [2.45, 2.75) is 11.3 Å². The van der Waals surface area contributed by atoms with Crippen molar-refractivity contribution in [2.75, 3.05) is 49.9 Å². The maximum atomic E-state index is 13.1. The lowest BCUT2D eigenvalue weighted by atomic mass is 10.0. The summed E-state index contributed by atoms with van der Waals surface area (Å²) in [6.45, 7) is 4.36. The highest BCUT2D eigenvalue weighted by Gasteiger charge is 2.31. The van der Waals surface area contributed by atoms with Crippen molar-refractivity contribution < 1.29 is 31.1 Å². The van der Waals surface area contributed by atoms with Gasteiger partial charge in [-0.1, -0.05) is 18.2 Å². The third-order valence-corrected chi connectivity index (χ3v) is 7.99. The van der Waals surface area contributed by atoms with Crippen molar-refractivity contribution in [1.82, 2.24) is 25.1 Å². The molecular weight excluding hydrogens is 575 g/mol. The van der Waals surface area contributed by atoms with Gasteiger partial charge < -0.3 is 20.7 Å². The first-order valence-corrected chi connectivity index (χ1v) is 14.5. The Morgan fingerprint density at radius 3 is 2.48 bits per heavy atom. The van der Waals surface area contributed by atoms with Gasteiger partial charge in [-0.3, -0.25) is 10.00 Å². The zero-order chi connectivity index (χ0) is 29.7. The van der Waals surface area contributed by atoms with Gasteiger partial charge in [-0.15, -0.1) is 13.2 Å². The first-order valence-electron chi connectivity index (χ1n) is 13.0. The number of carbonyl (C=O) groups is 1. The van der Waals surface area contributed by atoms with Crippen LogP contribution in [0.2, 0.25) is 0 Å². The number of nitrogens with one attached hydrogen (secondary N) is 5. The molecule has 0 aliphatic carbocycles. The predicted molar refractivity (Wildman–Crippen MR) is 152 cm³/mol. The molecule has 1 aliphatic rings. The number of benzene rings is 3. The smallest absolute Gasteiger partial charge is 0.406 e. The number of carbonyl (C=O) groups excluding carboxylic acids is 1. The molecule has 1 saturated heterocycles. The van der Waals surface area contributed by atoms with E-state index in [9.17, 15) is 26.4 Å². The molecule has 0 saturated carbocycles. The molecule has 3 aromatic carbocycles. The summed E-state index contributed by atoms with van der Waals surface area (Å²) in [5.74, 6) is -0.464. The molecule has 1 fully saturated rings. The zero-order valence-corrected chi connectivity index (χ0v) is 23.0. The van der Waals surface area contributed by atoms with Gasteiger partial charge in [0.25, 0.3) is 0 Å². The van der Waals surface area contributed by atoms with Crippen molar-refractivity contribution >= 4 is 38.3 Å². The molecule has 0 atom stereocenters. The topological polar surface area (TPSA) is 140 Å². The number of halogens is 3. The lowest BCUT2D eigenvalue weighted by molar-refractivity contribution is -0.274. The van der Waals surface area contributed by atoms with Gasteiger partial charge in [0.1, 0.15) is 5.75 Å². The highest BCUT2D eigenvalue weighted by Crippen LogP contribution is 2.32. The van der Waals surface area contributed by atoms with Crippen LogP contribution in [0.4, 0.5) is 29.3 Å². The predicted octanol–water partition coefficient (Wildman–Crippen LogP) is 3.96. The number of piperazine rings is 1. The number of rotatable bonds is 9. The molecular formula is C27H28F3N7O4S. The fraction of sp³-hybridized carbons (Fsp3) is 0.259. The van der Waals surface area contributed by atoms with Gasteiger partial charge >= 0.3 is 12.4 Å². The average molecular weight is 604 g/mol. The Morgan fingerprint density at radius 1 is 1.00 bits per heavy atom. The maximum Gasteiger partial charge on any atom is 0.573 e. The van der Waals surface area contributed by atoms with Crippen LogP contribution in [-0.2, 0) is 10.0 Å². The normalized spacial score (nSPS) is 14.5. The minimum absolute atomic E-state index is 0.0906. The number of amides is 2. The van der Waals surface area contributed by atoms with E-state index in [1.54, 1.807) is 36.5 Å². The van der Waals surface area contributed by atoms with Crippen LogP contribution in [0.1, 0.15) is 0 Å². The van der Waals surface area contributed by atoms with E-state index in [1.165, 1.54) is 18.2 Å². The Bertz CT molecular complexity index is 1650. The number of urea groups is 1. The number of fused-ring (bicyclic) bond motifs is 1. The van der Waals surface area contributed by atoms with E-state index in [0.29, 0.717) is 34.3 Å². The summed E-state index contributed by atoms with van der Waals surface area (Å²) in [5.41, 5.74) is 2.37. The summed E-state index contributed by atoms with van der Waals surface area (Å²) < 4.78 is 70.3. The van der Waals surface area contributed by atoms with Crippen molar-refractivity contribution in [3.63, 3.8) is 0 Å². The van der Waals surface area contributed by atoms with E-state index in [2.05, 4.69) is 40.5 Å². The monoisotopic (exact) mass is 603 g/mol. The summed E-state index contributed by atoms with van der Waals surface area (Å²) in [6, 6.07) is 14.0. The molecule has 5 N–H and O–H groups in total. The molecule has 1 aliphatic heterocycles. The number of hydrogen-bond donors (Lipinski definition) is 5. The number of hydrogen-bond acceptors (Lipinski definition) is 7. The summed E-state index contributed by atoms with van der Waals surface area (Å²) in [5, 5.41) is 15.9. The first-order chi connectivity index (χ1) is 20.1. The number of H-pyrrole nitrogens is 1. The molecule has 0 spiro atoms. The van der Waals surface area contributed by atoms with Crippen LogP contribution in [0.3, 0.4) is 0 Å². The van der Waals surface area contributed by atoms with E-state index in [1.807, 2.05) is 0 Å². The number of aromatic nitrogens is 2. The number of anilines is 2. The van der Waals surface area contributed by atoms with Gasteiger partial charge in [-0.05, 0) is 47.5 Å². The summed E-state index contributed by atoms with van der Waals surface area (Å²) in [7, 11) is -3.80. The van der Waals surface area contributed by atoms with Crippen molar-refractivity contribution in [3.05, 3.63) is 66.9 Å². The van der Waals surface area contributed by atoms with Crippen molar-refractivity contribution in [2.24, 2.45) is 0 Å². The number of aromatic amines is 1. The minimum atomic E-state index is -4.85. The molecule has 0 unspecified atom stereocenters. The third kappa shape index (κ3) is 7.55. The largest absolute Gasteiger partial charge is 0.573 e. The van der Waals surface area contributed by atoms with Crippen LogP contribution < -0.4 is 25.4 Å². The Hall–Kier alpha value is -4.18. The first kappa shape index (κ1) is 29.3. The van der Waals surface area contributed by atoms with Crippen LogP contribution in [0.15, 0.2) is 71.8 Å². The lowest BCUT2D eigenvalue weighted by Gasteiger charge is -2.27. The Kier molecular flexibility index (Phi) is 8.63. The second-order valence-corrected chi connectivity index (χ2v) is 11.3. The maximum absolute atomic E-state index is 13.1. The number of sulfonamides is 1. The number of alkyl halides is 3. The molecule has 222 valence electrons. The molecule has 2 amide bonds. The fourth-order valence-electron chi connectivity index (χ4n) is 4.57. The van der Waals surface area contributed by atoms with Gasteiger partial charge in [-0.25, -0.2) is 17.9 Å². The van der Waals surface area contributed by atoms with Gasteiger partial charge in [0.15, 0.2) is 0 Å². The molecule has 11 nitrogen and oxygen atoms in total. The van der Waals surface area contributed by atoms with Gasteiger partial charge in [0, 0.05) is 62.1 Å². The van der Waals surface area contributed by atoms with Crippen LogP contribution in [0.25, 0.3) is 22.0 Å². The summed E-state index contributed by atoms with van der Waals surface area (Å²) in [4.78, 5) is 14.7. The second-order valence-electron chi connectivity index (χ2n) is 9.52. The van der Waals surface area contributed by atoms with Crippen LogP contribution in [-0.4, -0.2) is 75.2 Å². The molecule has 2 heterocycles. The summed E-state index contributed by atoms with van der Waals surface area (Å²) in [6.07, 6.45) is -3.25. The van der Waals surface area contributed by atoms with Gasteiger partial charge in [0.2, 0.25) is 10.0 Å². The molecule has 1 aromatic heterocycles. The minimum Gasteiger partial charge on any atom is -0.406 e. The molecule has 4 aromatic rings. The van der Waals surface area contributed by atoms with Crippen molar-refractivity contribution in [3.8, 4) is 16.9 Å². The Morgan fingerprint density at radius 2 is 1.74 bits per heavy atom. The molecule has 0 radical (unpaired) electrons. The molecule has 5 rings (SSSR count). The van der Waals surface area contributed by atoms with E-state index in [-0.39, 0.29) is 17.1 Å². The zero-order valence-electron chi connectivity index (χ0n) is 22.2. The number of ether oxygens (including phenoxy) is 1. The highest BCUT2D eigenvalue weighted by molar-refractivity contribution is 7.89. The van der Waals surface area contributed by atoms with Gasteiger partial charge in [-0.2, -0.15) is 5.10 Å². The standard InChI is InChI=1S/C27H28F3N7O4S/c28-27(29,30)41-21-3-1-2-20(14-21)35-26(38)34-19-6-4-18(5-7-19)23-15-22(16-25-24(23)17-32-36-25)42(39,40)33-10-13-37-11-8-31-9-12-37/h1-7,14-17,31,33H,8-13H2,(H,32,36)(H2,34,35,38). The van der Waals surface area contributed by atoms with Crippen LogP contribution in [0.5, 0.6) is 5.75 Å². The quantitative estimate of drug-likeness (QED) is 0.195. The van der Waals surface area contributed by atoms with E-state index >= 15 is 0 Å². The molecule has 42 heavy (non-hydrogen) atoms. The van der Waals surface area contributed by atoms with Crippen LogP contribution >= 0.6 is 0 Å². The molecule has 15 heteroatoms. The SMILES string of the molecule is O=C(Nc1ccc(-c2cc(S(=O)(=O)NCCN3CCNCC3)cc3[nH]ncc23)cc1)Nc1cccc(OC(F)(F)F)c1. The lowest BCUT2D eigenvalue weighted by Crippen LogP contribution is -2.46. The van der Waals surface area contributed by atoms with E-state index in [4.69, 9.17) is 0 Å².